The Morgan fingerprint density at radius 3 is 2.62 bits per heavy atom. The molecule has 1 aliphatic rings. The lowest BCUT2D eigenvalue weighted by molar-refractivity contribution is 0.0706. The minimum Gasteiger partial charge on any atom is -0.338 e. The molecule has 0 saturated carbocycles. The Labute approximate surface area is 173 Å². The highest BCUT2D eigenvalue weighted by atomic mass is 32.1. The molecule has 0 aliphatic carbocycles. The number of likely N-dealkylation sites (tertiary alicyclic amines) is 1. The summed E-state index contributed by atoms with van der Waals surface area (Å²) < 4.78 is 0. The van der Waals surface area contributed by atoms with Crippen molar-refractivity contribution < 1.29 is 9.59 Å². The number of aromatic nitrogens is 2. The summed E-state index contributed by atoms with van der Waals surface area (Å²) >= 11 is 1.31. The fourth-order valence-corrected chi connectivity index (χ4v) is 4.41. The largest absolute Gasteiger partial charge is 0.338 e. The van der Waals surface area contributed by atoms with Crippen LogP contribution in [-0.4, -0.2) is 40.0 Å². The van der Waals surface area contributed by atoms with E-state index in [1.54, 1.807) is 0 Å². The number of nitrogens with one attached hydrogen (secondary N) is 1. The zero-order chi connectivity index (χ0) is 20.2. The summed E-state index contributed by atoms with van der Waals surface area (Å²) in [7, 11) is 0. The lowest BCUT2D eigenvalue weighted by atomic mass is 9.97. The van der Waals surface area contributed by atoms with Crippen LogP contribution in [0, 0.1) is 6.92 Å². The topological polar surface area (TPSA) is 75.2 Å². The van der Waals surface area contributed by atoms with Gasteiger partial charge in [-0.15, -0.1) is 10.2 Å². The zero-order valence-corrected chi connectivity index (χ0v) is 17.0. The van der Waals surface area contributed by atoms with Crippen molar-refractivity contribution in [1.82, 2.24) is 15.1 Å². The second-order valence-corrected chi connectivity index (χ2v) is 8.18. The van der Waals surface area contributed by atoms with Crippen LogP contribution < -0.4 is 5.32 Å². The molecule has 2 heterocycles. The molecule has 3 aromatic rings. The van der Waals surface area contributed by atoms with Gasteiger partial charge >= 0.3 is 0 Å². The van der Waals surface area contributed by atoms with Gasteiger partial charge in [-0.1, -0.05) is 47.7 Å². The molecule has 148 valence electrons. The summed E-state index contributed by atoms with van der Waals surface area (Å²) in [5, 5.41) is 12.3. The fraction of sp³-hybridized carbons (Fsp3) is 0.273. The van der Waals surface area contributed by atoms with Crippen molar-refractivity contribution in [2.75, 3.05) is 18.4 Å². The van der Waals surface area contributed by atoms with Crippen molar-refractivity contribution in [3.63, 3.8) is 0 Å². The van der Waals surface area contributed by atoms with Gasteiger partial charge in [-0.3, -0.25) is 9.59 Å². The number of hydrogen-bond donors (Lipinski definition) is 1. The lowest BCUT2D eigenvalue weighted by Crippen LogP contribution is -2.39. The van der Waals surface area contributed by atoms with Gasteiger partial charge in [-0.25, -0.2) is 0 Å². The molecule has 0 unspecified atom stereocenters. The average Bonchev–Trinajstić information content (AvgIpc) is 3.25. The predicted molar refractivity (Wildman–Crippen MR) is 113 cm³/mol. The van der Waals surface area contributed by atoms with E-state index in [1.165, 1.54) is 11.3 Å². The first-order valence-electron chi connectivity index (χ1n) is 9.66. The average molecular weight is 407 g/mol. The predicted octanol–water partition coefficient (Wildman–Crippen LogP) is 4.12. The molecule has 4 rings (SSSR count). The zero-order valence-electron chi connectivity index (χ0n) is 16.2. The molecule has 2 amide bonds. The van der Waals surface area contributed by atoms with E-state index in [4.69, 9.17) is 0 Å². The second kappa shape index (κ2) is 8.53. The van der Waals surface area contributed by atoms with Crippen LogP contribution in [-0.2, 0) is 0 Å². The first kappa shape index (κ1) is 19.3. The Balaban J connectivity index is 1.44. The molecule has 29 heavy (non-hydrogen) atoms. The van der Waals surface area contributed by atoms with Gasteiger partial charge in [-0.2, -0.15) is 0 Å². The van der Waals surface area contributed by atoms with Gasteiger partial charge in [0.1, 0.15) is 5.01 Å². The van der Waals surface area contributed by atoms with E-state index >= 15 is 0 Å². The standard InChI is InChI=1S/C22H22N4O2S/c1-15-8-5-6-12-18(15)22(28)26-13-7-9-16(14-26)20-24-25-21(29-20)19(27)23-17-10-3-2-4-11-17/h2-6,8,10-12,16H,7,9,13-14H2,1H3,(H,23,27)/t16-/m1/s1. The van der Waals surface area contributed by atoms with Crippen molar-refractivity contribution in [1.29, 1.82) is 0 Å². The van der Waals surface area contributed by atoms with Crippen LogP contribution in [0.3, 0.4) is 0 Å². The Morgan fingerprint density at radius 1 is 1.07 bits per heavy atom. The third-order valence-electron chi connectivity index (χ3n) is 5.10. The summed E-state index contributed by atoms with van der Waals surface area (Å²) in [6.45, 7) is 3.29. The van der Waals surface area contributed by atoms with Crippen LogP contribution >= 0.6 is 11.3 Å². The molecule has 1 aromatic heterocycles. The van der Waals surface area contributed by atoms with Crippen LogP contribution in [0.5, 0.6) is 0 Å². The summed E-state index contributed by atoms with van der Waals surface area (Å²) in [4.78, 5) is 27.3. The molecule has 7 heteroatoms. The third-order valence-corrected chi connectivity index (χ3v) is 6.18. The van der Waals surface area contributed by atoms with E-state index in [2.05, 4.69) is 15.5 Å². The molecule has 1 saturated heterocycles. The molecule has 0 radical (unpaired) electrons. The number of nitrogens with zero attached hydrogens (tertiary/aromatic N) is 3. The molecular formula is C22H22N4O2S. The molecule has 0 bridgehead atoms. The van der Waals surface area contributed by atoms with E-state index in [0.29, 0.717) is 11.6 Å². The molecule has 1 aliphatic heterocycles. The quantitative estimate of drug-likeness (QED) is 0.707. The molecule has 1 atom stereocenters. The number of para-hydroxylation sites is 1. The van der Waals surface area contributed by atoms with Gasteiger partial charge in [-0.05, 0) is 43.5 Å². The van der Waals surface area contributed by atoms with Gasteiger partial charge in [0.2, 0.25) is 5.01 Å². The summed E-state index contributed by atoms with van der Waals surface area (Å²) in [6, 6.07) is 16.9. The van der Waals surface area contributed by atoms with Gasteiger partial charge in [0.15, 0.2) is 0 Å². The number of aryl methyl sites for hydroxylation is 1. The van der Waals surface area contributed by atoms with E-state index in [9.17, 15) is 9.59 Å². The van der Waals surface area contributed by atoms with Crippen LogP contribution in [0.2, 0.25) is 0 Å². The highest BCUT2D eigenvalue weighted by Crippen LogP contribution is 2.30. The second-order valence-electron chi connectivity index (χ2n) is 7.17. The van der Waals surface area contributed by atoms with Gasteiger partial charge in [0.25, 0.3) is 11.8 Å². The van der Waals surface area contributed by atoms with Crippen molar-refractivity contribution in [2.45, 2.75) is 25.7 Å². The number of benzene rings is 2. The SMILES string of the molecule is Cc1ccccc1C(=O)N1CCC[C@@H](c2nnc(C(=O)Nc3ccccc3)s2)C1. The number of rotatable bonds is 4. The smallest absolute Gasteiger partial charge is 0.286 e. The van der Waals surface area contributed by atoms with E-state index in [1.807, 2.05) is 66.4 Å². The van der Waals surface area contributed by atoms with Gasteiger partial charge < -0.3 is 10.2 Å². The number of piperidine rings is 1. The van der Waals surface area contributed by atoms with Crippen molar-refractivity contribution in [3.8, 4) is 0 Å². The Morgan fingerprint density at radius 2 is 1.83 bits per heavy atom. The Bertz CT molecular complexity index is 1020. The molecule has 6 nitrogen and oxygen atoms in total. The van der Waals surface area contributed by atoms with Gasteiger partial charge in [0.05, 0.1) is 0 Å². The van der Waals surface area contributed by atoms with E-state index in [0.717, 1.165) is 41.2 Å². The van der Waals surface area contributed by atoms with Crippen molar-refractivity contribution in [2.24, 2.45) is 0 Å². The molecule has 0 spiro atoms. The normalized spacial score (nSPS) is 16.4. The first-order chi connectivity index (χ1) is 14.1. The van der Waals surface area contributed by atoms with Crippen molar-refractivity contribution >= 4 is 28.8 Å². The molecule has 1 N–H and O–H groups in total. The molecular weight excluding hydrogens is 384 g/mol. The Hall–Kier alpha value is -3.06. The lowest BCUT2D eigenvalue weighted by Gasteiger charge is -2.32. The summed E-state index contributed by atoms with van der Waals surface area (Å²) in [6.07, 6.45) is 1.85. The van der Waals surface area contributed by atoms with E-state index < -0.39 is 0 Å². The highest BCUT2D eigenvalue weighted by molar-refractivity contribution is 7.13. The summed E-state index contributed by atoms with van der Waals surface area (Å²) in [5.74, 6) is -0.101. The van der Waals surface area contributed by atoms with E-state index in [-0.39, 0.29) is 17.7 Å². The monoisotopic (exact) mass is 406 g/mol. The fourth-order valence-electron chi connectivity index (χ4n) is 3.54. The minimum atomic E-state index is -0.261. The molecule has 2 aromatic carbocycles. The van der Waals surface area contributed by atoms with Crippen molar-refractivity contribution in [3.05, 3.63) is 75.7 Å². The number of hydrogen-bond acceptors (Lipinski definition) is 5. The Kier molecular flexibility index (Phi) is 5.67. The van der Waals surface area contributed by atoms with Crippen LogP contribution in [0.4, 0.5) is 5.69 Å². The highest BCUT2D eigenvalue weighted by Gasteiger charge is 2.29. The van der Waals surface area contributed by atoms with Crippen LogP contribution in [0.25, 0.3) is 0 Å². The number of amides is 2. The molecule has 1 fully saturated rings. The minimum absolute atomic E-state index is 0.0550. The van der Waals surface area contributed by atoms with Crippen LogP contribution in [0.1, 0.15) is 49.5 Å². The van der Waals surface area contributed by atoms with Crippen LogP contribution in [0.15, 0.2) is 54.6 Å². The third kappa shape index (κ3) is 4.35. The number of carbonyl (C=O) groups is 2. The number of carbonyl (C=O) groups excluding carboxylic acids is 2. The summed E-state index contributed by atoms with van der Waals surface area (Å²) in [5.41, 5.74) is 2.45. The maximum Gasteiger partial charge on any atom is 0.286 e. The van der Waals surface area contributed by atoms with Gasteiger partial charge in [0, 0.05) is 30.3 Å². The maximum atomic E-state index is 12.9. The number of anilines is 1. The first-order valence-corrected chi connectivity index (χ1v) is 10.5. The maximum absolute atomic E-state index is 12.9.